The van der Waals surface area contributed by atoms with Gasteiger partial charge >= 0.3 is 5.97 Å². The molecule has 108 valence electrons. The first-order valence-corrected chi connectivity index (χ1v) is 6.04. The Labute approximate surface area is 119 Å². The van der Waals surface area contributed by atoms with Gasteiger partial charge in [0.2, 0.25) is 0 Å². The second-order valence-electron chi connectivity index (χ2n) is 4.25. The van der Waals surface area contributed by atoms with E-state index in [2.05, 4.69) is 4.98 Å². The van der Waals surface area contributed by atoms with E-state index in [1.165, 1.54) is 36.5 Å². The van der Waals surface area contributed by atoms with Gasteiger partial charge < -0.3 is 4.74 Å². The molecule has 0 amide bonds. The Morgan fingerprint density at radius 1 is 1.33 bits per heavy atom. The van der Waals surface area contributed by atoms with Gasteiger partial charge in [0.15, 0.2) is 5.82 Å². The van der Waals surface area contributed by atoms with Gasteiger partial charge in [-0.05, 0) is 30.7 Å². The molecule has 2 rings (SSSR count). The number of ether oxygens (including phenoxy) is 1. The van der Waals surface area contributed by atoms with Gasteiger partial charge in [-0.25, -0.2) is 9.18 Å². The molecule has 0 saturated heterocycles. The summed E-state index contributed by atoms with van der Waals surface area (Å²) < 4.78 is 18.5. The Hall–Kier alpha value is -2.83. The Kier molecular flexibility index (Phi) is 4.22. The van der Waals surface area contributed by atoms with Crippen molar-refractivity contribution in [2.45, 2.75) is 13.0 Å². The van der Waals surface area contributed by atoms with Crippen LogP contribution in [0.1, 0.15) is 28.9 Å². The van der Waals surface area contributed by atoms with Crippen LogP contribution >= 0.6 is 0 Å². The average Bonchev–Trinajstić information content (AvgIpc) is 2.47. The van der Waals surface area contributed by atoms with E-state index in [-0.39, 0.29) is 11.3 Å². The number of aromatic nitrogens is 1. The van der Waals surface area contributed by atoms with E-state index in [9.17, 15) is 19.3 Å². The van der Waals surface area contributed by atoms with Crippen molar-refractivity contribution < 1.29 is 18.8 Å². The third kappa shape index (κ3) is 3.38. The average molecular weight is 290 g/mol. The Bertz CT molecular complexity index is 673. The normalized spacial score (nSPS) is 11.7. The van der Waals surface area contributed by atoms with Gasteiger partial charge in [0.25, 0.3) is 5.69 Å². The number of nitro groups is 1. The Morgan fingerprint density at radius 2 is 2.00 bits per heavy atom. The number of rotatable bonds is 4. The van der Waals surface area contributed by atoms with Gasteiger partial charge in [-0.3, -0.25) is 15.1 Å². The van der Waals surface area contributed by atoms with E-state index < -0.39 is 22.8 Å². The van der Waals surface area contributed by atoms with Crippen molar-refractivity contribution in [3.05, 3.63) is 69.8 Å². The molecule has 0 aliphatic heterocycles. The lowest BCUT2D eigenvalue weighted by Crippen LogP contribution is -2.11. The van der Waals surface area contributed by atoms with Gasteiger partial charge in [-0.15, -0.1) is 0 Å². The lowest BCUT2D eigenvalue weighted by molar-refractivity contribution is -0.384. The molecule has 0 spiro atoms. The molecule has 0 aliphatic rings. The van der Waals surface area contributed by atoms with Crippen LogP contribution in [0.15, 0.2) is 42.7 Å². The summed E-state index contributed by atoms with van der Waals surface area (Å²) in [6, 6.07) is 6.82. The number of hydrogen-bond donors (Lipinski definition) is 0. The summed E-state index contributed by atoms with van der Waals surface area (Å²) in [5.74, 6) is -1.58. The van der Waals surface area contributed by atoms with Crippen molar-refractivity contribution in [1.82, 2.24) is 4.98 Å². The quantitative estimate of drug-likeness (QED) is 0.491. The molecule has 6 nitrogen and oxygen atoms in total. The number of non-ortho nitro benzene ring substituents is 1. The zero-order valence-corrected chi connectivity index (χ0v) is 11.0. The third-order valence-electron chi connectivity index (χ3n) is 2.85. The third-order valence-corrected chi connectivity index (χ3v) is 2.85. The minimum absolute atomic E-state index is 0.0579. The highest BCUT2D eigenvalue weighted by Crippen LogP contribution is 2.21. The number of pyridine rings is 1. The minimum Gasteiger partial charge on any atom is -0.454 e. The number of halogens is 1. The van der Waals surface area contributed by atoms with Crippen LogP contribution < -0.4 is 0 Å². The van der Waals surface area contributed by atoms with Gasteiger partial charge in [0.1, 0.15) is 6.10 Å². The molecule has 7 heteroatoms. The first kappa shape index (κ1) is 14.6. The van der Waals surface area contributed by atoms with Crippen LogP contribution in [0.5, 0.6) is 0 Å². The summed E-state index contributed by atoms with van der Waals surface area (Å²) in [6.07, 6.45) is 1.55. The molecule has 1 atom stereocenters. The highest BCUT2D eigenvalue weighted by atomic mass is 19.1. The Morgan fingerprint density at radius 3 is 2.57 bits per heavy atom. The van der Waals surface area contributed by atoms with Gasteiger partial charge in [0.05, 0.1) is 16.7 Å². The molecule has 0 unspecified atom stereocenters. The van der Waals surface area contributed by atoms with Crippen LogP contribution in [-0.4, -0.2) is 15.9 Å². The lowest BCUT2D eigenvalue weighted by atomic mass is 10.1. The number of benzene rings is 1. The van der Waals surface area contributed by atoms with Crippen LogP contribution in [0.3, 0.4) is 0 Å². The number of carbonyl (C=O) groups excluding carboxylic acids is 1. The fourth-order valence-corrected chi connectivity index (χ4v) is 1.70. The number of hydrogen-bond acceptors (Lipinski definition) is 5. The molecule has 1 aromatic carbocycles. The summed E-state index contributed by atoms with van der Waals surface area (Å²) in [5.41, 5.74) is 0.305. The number of nitro benzene ring substituents is 1. The maximum Gasteiger partial charge on any atom is 0.341 e. The molecule has 21 heavy (non-hydrogen) atoms. The van der Waals surface area contributed by atoms with Gasteiger partial charge in [-0.2, -0.15) is 0 Å². The van der Waals surface area contributed by atoms with Gasteiger partial charge in [-0.1, -0.05) is 0 Å². The number of esters is 1. The summed E-state index contributed by atoms with van der Waals surface area (Å²) in [5, 5.41) is 10.6. The maximum atomic E-state index is 13.4. The summed E-state index contributed by atoms with van der Waals surface area (Å²) in [6.45, 7) is 1.60. The van der Waals surface area contributed by atoms with Crippen molar-refractivity contribution in [1.29, 1.82) is 0 Å². The van der Waals surface area contributed by atoms with E-state index in [0.29, 0.717) is 5.56 Å². The van der Waals surface area contributed by atoms with Crippen LogP contribution in [0.25, 0.3) is 0 Å². The summed E-state index contributed by atoms with van der Waals surface area (Å²) >= 11 is 0. The molecule has 1 aromatic heterocycles. The van der Waals surface area contributed by atoms with Crippen molar-refractivity contribution in [3.63, 3.8) is 0 Å². The van der Waals surface area contributed by atoms with Crippen molar-refractivity contribution in [3.8, 4) is 0 Å². The molecule has 1 heterocycles. The lowest BCUT2D eigenvalue weighted by Gasteiger charge is -2.13. The molecule has 2 aromatic rings. The van der Waals surface area contributed by atoms with Gasteiger partial charge in [0, 0.05) is 18.3 Å². The predicted octanol–water partition coefficient (Wildman–Crippen LogP) is 3.05. The first-order chi connectivity index (χ1) is 9.99. The molecule has 0 saturated carbocycles. The Balaban J connectivity index is 2.11. The molecule has 0 radical (unpaired) electrons. The second kappa shape index (κ2) is 6.08. The monoisotopic (exact) mass is 290 g/mol. The maximum absolute atomic E-state index is 13.4. The van der Waals surface area contributed by atoms with E-state index in [1.807, 2.05) is 0 Å². The molecule has 0 bridgehead atoms. The minimum atomic E-state index is -0.819. The fraction of sp³-hybridized carbons (Fsp3) is 0.143. The van der Waals surface area contributed by atoms with E-state index >= 15 is 0 Å². The number of nitrogens with zero attached hydrogens (tertiary/aromatic N) is 2. The summed E-state index contributed by atoms with van der Waals surface area (Å²) in [7, 11) is 0. The topological polar surface area (TPSA) is 82.3 Å². The standard InChI is InChI=1S/C14H11FN2O4/c1-9(10-2-4-11(5-3-10)17(19)20)21-14(18)12-6-7-16-8-13(12)15/h2-9H,1H3/t9-/m0/s1. The van der Waals surface area contributed by atoms with E-state index in [1.54, 1.807) is 6.92 Å². The van der Waals surface area contributed by atoms with E-state index in [4.69, 9.17) is 4.74 Å². The van der Waals surface area contributed by atoms with Crippen molar-refractivity contribution in [2.75, 3.05) is 0 Å². The fourth-order valence-electron chi connectivity index (χ4n) is 1.70. The second-order valence-corrected chi connectivity index (χ2v) is 4.25. The molecule has 0 N–H and O–H groups in total. The van der Waals surface area contributed by atoms with Crippen LogP contribution in [0.2, 0.25) is 0 Å². The highest BCUT2D eigenvalue weighted by molar-refractivity contribution is 5.89. The summed E-state index contributed by atoms with van der Waals surface area (Å²) in [4.78, 5) is 25.4. The number of carbonyl (C=O) groups is 1. The van der Waals surface area contributed by atoms with Crippen LogP contribution in [0.4, 0.5) is 10.1 Å². The molecular weight excluding hydrogens is 279 g/mol. The van der Waals surface area contributed by atoms with Crippen LogP contribution in [0, 0.1) is 15.9 Å². The molecule has 0 aliphatic carbocycles. The molecular formula is C14H11FN2O4. The van der Waals surface area contributed by atoms with Crippen molar-refractivity contribution in [2.24, 2.45) is 0 Å². The zero-order chi connectivity index (χ0) is 15.4. The van der Waals surface area contributed by atoms with Crippen molar-refractivity contribution >= 4 is 11.7 Å². The van der Waals surface area contributed by atoms with E-state index in [0.717, 1.165) is 6.20 Å². The largest absolute Gasteiger partial charge is 0.454 e. The predicted molar refractivity (Wildman–Crippen MR) is 71.1 cm³/mol. The smallest absolute Gasteiger partial charge is 0.341 e. The van der Waals surface area contributed by atoms with Crippen LogP contribution in [-0.2, 0) is 4.74 Å². The first-order valence-electron chi connectivity index (χ1n) is 6.04. The SMILES string of the molecule is C[C@H](OC(=O)c1ccncc1F)c1ccc([N+](=O)[O-])cc1. The highest BCUT2D eigenvalue weighted by Gasteiger charge is 2.17. The molecule has 0 fully saturated rings. The zero-order valence-electron chi connectivity index (χ0n) is 11.0.